The molecule has 46 valence electrons. The topological polar surface area (TPSA) is 25.8 Å². The van der Waals surface area contributed by atoms with Crippen LogP contribution in [0, 0.1) is 0 Å². The minimum Gasteiger partial charge on any atom is -0.232 e. The molecule has 0 N–H and O–H groups in total. The zero-order chi connectivity index (χ0) is 6.69. The highest BCUT2D eigenvalue weighted by Gasteiger charge is 1.88. The standard InChI is InChI=1S/C5H7BN2S/c1-9-5-7-2-4(6)3-8-5/h2-3H,6H2,1H3. The van der Waals surface area contributed by atoms with Crippen LogP contribution in [0.5, 0.6) is 0 Å². The molecule has 1 rings (SSSR count). The maximum atomic E-state index is 4.05. The maximum Gasteiger partial charge on any atom is 0.187 e. The molecule has 0 atom stereocenters. The van der Waals surface area contributed by atoms with Crippen LogP contribution in [0.1, 0.15) is 0 Å². The van der Waals surface area contributed by atoms with Crippen molar-refractivity contribution in [3.63, 3.8) is 0 Å². The number of hydrogen-bond donors (Lipinski definition) is 0. The van der Waals surface area contributed by atoms with Crippen LogP contribution in [0.4, 0.5) is 0 Å². The van der Waals surface area contributed by atoms with Gasteiger partial charge in [-0.3, -0.25) is 0 Å². The van der Waals surface area contributed by atoms with E-state index >= 15 is 0 Å². The Morgan fingerprint density at radius 1 is 1.44 bits per heavy atom. The molecule has 1 aromatic rings. The first-order valence-corrected chi connectivity index (χ1v) is 3.88. The molecule has 1 heterocycles. The van der Waals surface area contributed by atoms with Crippen molar-refractivity contribution in [3.05, 3.63) is 12.4 Å². The van der Waals surface area contributed by atoms with E-state index in [9.17, 15) is 0 Å². The van der Waals surface area contributed by atoms with E-state index in [0.29, 0.717) is 0 Å². The summed E-state index contributed by atoms with van der Waals surface area (Å²) >= 11 is 1.56. The second-order valence-corrected chi connectivity index (χ2v) is 2.52. The summed E-state index contributed by atoms with van der Waals surface area (Å²) in [6.45, 7) is 0. The molecule has 0 unspecified atom stereocenters. The number of aromatic nitrogens is 2. The van der Waals surface area contributed by atoms with E-state index in [1.54, 1.807) is 11.8 Å². The molecule has 0 fully saturated rings. The highest BCUT2D eigenvalue weighted by atomic mass is 32.2. The molecule has 0 aliphatic carbocycles. The zero-order valence-electron chi connectivity index (χ0n) is 5.46. The first-order valence-electron chi connectivity index (χ1n) is 2.65. The molecule has 1 aromatic heterocycles. The van der Waals surface area contributed by atoms with Crippen LogP contribution in [0.2, 0.25) is 0 Å². The van der Waals surface area contributed by atoms with E-state index < -0.39 is 0 Å². The molecule has 4 heteroatoms. The summed E-state index contributed by atoms with van der Waals surface area (Å²) in [6.07, 6.45) is 5.60. The monoisotopic (exact) mass is 138 g/mol. The first kappa shape index (κ1) is 6.61. The van der Waals surface area contributed by atoms with Gasteiger partial charge in [0, 0.05) is 12.4 Å². The molecule has 2 nitrogen and oxygen atoms in total. The van der Waals surface area contributed by atoms with Crippen LogP contribution in [-0.4, -0.2) is 24.1 Å². The van der Waals surface area contributed by atoms with E-state index in [4.69, 9.17) is 0 Å². The van der Waals surface area contributed by atoms with Gasteiger partial charge in [0.15, 0.2) is 5.16 Å². The van der Waals surface area contributed by atoms with Crippen molar-refractivity contribution in [2.45, 2.75) is 5.16 Å². The van der Waals surface area contributed by atoms with Crippen molar-refractivity contribution in [1.82, 2.24) is 9.97 Å². The van der Waals surface area contributed by atoms with Gasteiger partial charge in [-0.15, -0.1) is 0 Å². The molecular weight excluding hydrogens is 131 g/mol. The van der Waals surface area contributed by atoms with Crippen molar-refractivity contribution in [1.29, 1.82) is 0 Å². The van der Waals surface area contributed by atoms with Crippen molar-refractivity contribution in [3.8, 4) is 0 Å². The number of rotatable bonds is 1. The molecule has 0 aromatic carbocycles. The Kier molecular flexibility index (Phi) is 2.11. The van der Waals surface area contributed by atoms with E-state index in [-0.39, 0.29) is 0 Å². The fraction of sp³-hybridized carbons (Fsp3) is 0.200. The predicted molar refractivity (Wildman–Crippen MR) is 42.0 cm³/mol. The van der Waals surface area contributed by atoms with Gasteiger partial charge in [-0.2, -0.15) is 0 Å². The second kappa shape index (κ2) is 2.87. The lowest BCUT2D eigenvalue weighted by Gasteiger charge is -1.91. The third kappa shape index (κ3) is 1.71. The largest absolute Gasteiger partial charge is 0.232 e. The minimum absolute atomic E-state index is 0.834. The molecule has 0 radical (unpaired) electrons. The summed E-state index contributed by atoms with van der Waals surface area (Å²) in [5.74, 6) is 0. The minimum atomic E-state index is 0.834. The average molecular weight is 138 g/mol. The lowest BCUT2D eigenvalue weighted by molar-refractivity contribution is 0.980. The molecule has 0 spiro atoms. The van der Waals surface area contributed by atoms with E-state index in [0.717, 1.165) is 10.6 Å². The van der Waals surface area contributed by atoms with Crippen LogP contribution >= 0.6 is 11.8 Å². The van der Waals surface area contributed by atoms with Crippen LogP contribution in [0.25, 0.3) is 0 Å². The van der Waals surface area contributed by atoms with Crippen molar-refractivity contribution in [2.75, 3.05) is 6.26 Å². The van der Waals surface area contributed by atoms with Crippen molar-refractivity contribution < 1.29 is 0 Å². The molecular formula is C5H7BN2S. The fourth-order valence-corrected chi connectivity index (χ4v) is 0.802. The van der Waals surface area contributed by atoms with Gasteiger partial charge in [0.25, 0.3) is 0 Å². The normalized spacial score (nSPS) is 9.44. The Balaban J connectivity index is 2.88. The van der Waals surface area contributed by atoms with E-state index in [1.807, 2.05) is 26.5 Å². The van der Waals surface area contributed by atoms with Gasteiger partial charge in [0.05, 0.1) is 0 Å². The van der Waals surface area contributed by atoms with Crippen LogP contribution in [0.15, 0.2) is 17.6 Å². The van der Waals surface area contributed by atoms with Gasteiger partial charge >= 0.3 is 0 Å². The van der Waals surface area contributed by atoms with Gasteiger partial charge in [-0.05, 0) is 6.26 Å². The number of thioether (sulfide) groups is 1. The van der Waals surface area contributed by atoms with E-state index in [1.165, 1.54) is 0 Å². The Morgan fingerprint density at radius 2 is 2.00 bits per heavy atom. The smallest absolute Gasteiger partial charge is 0.187 e. The average Bonchev–Trinajstić information content (AvgIpc) is 1.90. The van der Waals surface area contributed by atoms with Gasteiger partial charge in [-0.1, -0.05) is 17.2 Å². The summed E-state index contributed by atoms with van der Waals surface area (Å²) in [6, 6.07) is 0. The van der Waals surface area contributed by atoms with Crippen LogP contribution in [0.3, 0.4) is 0 Å². The third-order valence-corrected chi connectivity index (χ3v) is 1.52. The summed E-state index contributed by atoms with van der Waals surface area (Å²) in [4.78, 5) is 8.10. The van der Waals surface area contributed by atoms with Gasteiger partial charge in [-0.25, -0.2) is 9.97 Å². The lowest BCUT2D eigenvalue weighted by atomic mass is 10.0. The summed E-state index contributed by atoms with van der Waals surface area (Å²) in [5.41, 5.74) is 1.10. The predicted octanol–water partition coefficient (Wildman–Crippen LogP) is -0.543. The Bertz CT molecular complexity index is 187. The Labute approximate surface area is 59.5 Å². The number of nitrogens with zero attached hydrogens (tertiary/aromatic N) is 2. The zero-order valence-corrected chi connectivity index (χ0v) is 6.27. The lowest BCUT2D eigenvalue weighted by Crippen LogP contribution is -2.04. The van der Waals surface area contributed by atoms with Gasteiger partial charge in [0.2, 0.25) is 0 Å². The summed E-state index contributed by atoms with van der Waals surface area (Å²) in [5, 5.41) is 0.834. The van der Waals surface area contributed by atoms with Gasteiger partial charge < -0.3 is 0 Å². The molecule has 0 saturated carbocycles. The molecule has 9 heavy (non-hydrogen) atoms. The van der Waals surface area contributed by atoms with E-state index in [2.05, 4.69) is 9.97 Å². The molecule has 0 bridgehead atoms. The number of hydrogen-bond acceptors (Lipinski definition) is 3. The summed E-state index contributed by atoms with van der Waals surface area (Å²) in [7, 11) is 1.98. The van der Waals surface area contributed by atoms with Crippen molar-refractivity contribution >= 4 is 25.1 Å². The van der Waals surface area contributed by atoms with Gasteiger partial charge in [0.1, 0.15) is 7.85 Å². The van der Waals surface area contributed by atoms with Crippen LogP contribution in [-0.2, 0) is 0 Å². The highest BCUT2D eigenvalue weighted by Crippen LogP contribution is 2.02. The quantitative estimate of drug-likeness (QED) is 0.296. The molecule has 0 saturated heterocycles. The summed E-state index contributed by atoms with van der Waals surface area (Å²) < 4.78 is 0. The Hall–Kier alpha value is -0.505. The molecule has 0 aliphatic heterocycles. The van der Waals surface area contributed by atoms with Crippen molar-refractivity contribution in [2.24, 2.45) is 0 Å². The molecule has 0 amide bonds. The highest BCUT2D eigenvalue weighted by molar-refractivity contribution is 7.98. The second-order valence-electron chi connectivity index (χ2n) is 1.75. The first-order chi connectivity index (χ1) is 4.33. The fourth-order valence-electron chi connectivity index (χ4n) is 0.486. The molecule has 0 aliphatic rings. The third-order valence-electron chi connectivity index (χ3n) is 0.940. The van der Waals surface area contributed by atoms with Crippen LogP contribution < -0.4 is 5.46 Å². The SMILES string of the molecule is Bc1cnc(SC)nc1. The Morgan fingerprint density at radius 3 is 2.44 bits per heavy atom. The maximum absolute atomic E-state index is 4.05.